The number of nitrogens with two attached hydrogens (primary N) is 2. The van der Waals surface area contributed by atoms with Crippen molar-refractivity contribution in [3.05, 3.63) is 75.7 Å². The monoisotopic (exact) mass is 617 g/mol. The van der Waals surface area contributed by atoms with Crippen LogP contribution in [0, 0.1) is 0 Å². The summed E-state index contributed by atoms with van der Waals surface area (Å²) in [5, 5.41) is 9.11. The normalized spacial score (nSPS) is 11.8. The van der Waals surface area contributed by atoms with E-state index in [2.05, 4.69) is 25.6 Å². The maximum Gasteiger partial charge on any atom is 0.535 e. The zero-order valence-electron chi connectivity index (χ0n) is 24.4. The van der Waals surface area contributed by atoms with Crippen LogP contribution in [0.3, 0.4) is 0 Å². The van der Waals surface area contributed by atoms with Gasteiger partial charge in [0, 0.05) is 29.4 Å². The molecule has 3 rings (SSSR count). The maximum absolute atomic E-state index is 13.5. The van der Waals surface area contributed by atoms with Gasteiger partial charge in [-0.25, -0.2) is 9.78 Å². The first-order valence-electron chi connectivity index (χ1n) is 13.7. The van der Waals surface area contributed by atoms with Crippen LogP contribution >= 0.6 is 0 Å². The minimum Gasteiger partial charge on any atom is -0.433 e. The number of ether oxygens (including phenoxy) is 1. The molecule has 3 aromatic rings. The van der Waals surface area contributed by atoms with Gasteiger partial charge in [0.05, 0.1) is 24.1 Å². The van der Waals surface area contributed by atoms with Gasteiger partial charge in [-0.05, 0) is 44.0 Å². The van der Waals surface area contributed by atoms with E-state index in [-0.39, 0.29) is 47.8 Å². The van der Waals surface area contributed by atoms with E-state index in [1.807, 2.05) is 6.92 Å². The maximum atomic E-state index is 13.5. The average Bonchev–Trinajstić information content (AvgIpc) is 2.96. The molecule has 6 N–H and O–H groups in total. The van der Waals surface area contributed by atoms with E-state index in [4.69, 9.17) is 16.2 Å². The fourth-order valence-electron chi connectivity index (χ4n) is 3.87. The standard InChI is InChI=1S/C29H34F3N7O5/c1-4-5-10-43-28(42)44-38-25(34)19-8-6-18(7-9-19)14-35-24(40)16-39-23(15-36-26(27(39)41)37-17(2)3)20-11-21(29(30,31)32)13-22(33)12-20/h6-9,11-13,15,17H,4-5,10,14,16,33H2,1-3H3,(H2,34,38)(H,35,40)(H,36,37). The van der Waals surface area contributed by atoms with Crippen LogP contribution in [0.4, 0.5) is 29.5 Å². The summed E-state index contributed by atoms with van der Waals surface area (Å²) in [5.41, 5.74) is 10.8. The second-order valence-electron chi connectivity index (χ2n) is 10.0. The number of amides is 1. The van der Waals surface area contributed by atoms with Crippen LogP contribution in [0.25, 0.3) is 11.3 Å². The van der Waals surface area contributed by atoms with Crippen LogP contribution in [-0.4, -0.2) is 40.1 Å². The molecule has 0 aliphatic carbocycles. The van der Waals surface area contributed by atoms with Gasteiger partial charge in [0.1, 0.15) is 6.54 Å². The van der Waals surface area contributed by atoms with Crippen LogP contribution < -0.4 is 27.7 Å². The van der Waals surface area contributed by atoms with Gasteiger partial charge < -0.3 is 26.8 Å². The first-order chi connectivity index (χ1) is 20.8. The van der Waals surface area contributed by atoms with Crippen molar-refractivity contribution >= 4 is 29.4 Å². The van der Waals surface area contributed by atoms with Crippen LogP contribution in [0.5, 0.6) is 0 Å². The van der Waals surface area contributed by atoms with Crippen molar-refractivity contribution in [3.63, 3.8) is 0 Å². The molecule has 0 aliphatic heterocycles. The summed E-state index contributed by atoms with van der Waals surface area (Å²) in [6, 6.07) is 9.20. The first kappa shape index (κ1) is 33.4. The van der Waals surface area contributed by atoms with Gasteiger partial charge in [0.2, 0.25) is 5.91 Å². The highest BCUT2D eigenvalue weighted by atomic mass is 19.4. The van der Waals surface area contributed by atoms with Crippen molar-refractivity contribution in [3.8, 4) is 11.3 Å². The predicted molar refractivity (Wildman–Crippen MR) is 158 cm³/mol. The molecule has 0 bridgehead atoms. The summed E-state index contributed by atoms with van der Waals surface area (Å²) in [6.45, 7) is 5.25. The van der Waals surface area contributed by atoms with Gasteiger partial charge in [-0.3, -0.25) is 19.0 Å². The van der Waals surface area contributed by atoms with Crippen molar-refractivity contribution in [1.82, 2.24) is 14.9 Å². The Balaban J connectivity index is 1.76. The molecule has 12 nitrogen and oxygen atoms in total. The highest BCUT2D eigenvalue weighted by Crippen LogP contribution is 2.34. The number of benzene rings is 2. The highest BCUT2D eigenvalue weighted by molar-refractivity contribution is 5.97. The van der Waals surface area contributed by atoms with Crippen LogP contribution in [0.1, 0.15) is 50.3 Å². The van der Waals surface area contributed by atoms with E-state index < -0.39 is 35.9 Å². The Labute approximate surface area is 251 Å². The number of alkyl halides is 3. The Morgan fingerprint density at radius 3 is 2.48 bits per heavy atom. The molecule has 44 heavy (non-hydrogen) atoms. The van der Waals surface area contributed by atoms with E-state index >= 15 is 0 Å². The molecule has 15 heteroatoms. The third-order valence-corrected chi connectivity index (χ3v) is 6.04. The fourth-order valence-corrected chi connectivity index (χ4v) is 3.87. The Kier molecular flexibility index (Phi) is 11.3. The number of oxime groups is 1. The molecule has 0 saturated heterocycles. The summed E-state index contributed by atoms with van der Waals surface area (Å²) in [6.07, 6.45) is -2.90. The second kappa shape index (κ2) is 14.9. The average molecular weight is 618 g/mol. The van der Waals surface area contributed by atoms with Crippen molar-refractivity contribution in [2.75, 3.05) is 17.7 Å². The van der Waals surface area contributed by atoms with E-state index in [0.29, 0.717) is 17.5 Å². The Morgan fingerprint density at radius 1 is 1.14 bits per heavy atom. The van der Waals surface area contributed by atoms with E-state index in [1.54, 1.807) is 38.1 Å². The van der Waals surface area contributed by atoms with Gasteiger partial charge in [-0.15, -0.1) is 0 Å². The minimum absolute atomic E-state index is 0.0205. The van der Waals surface area contributed by atoms with E-state index in [9.17, 15) is 27.6 Å². The molecular weight excluding hydrogens is 583 g/mol. The smallest absolute Gasteiger partial charge is 0.433 e. The lowest BCUT2D eigenvalue weighted by molar-refractivity contribution is -0.137. The number of nitrogens with one attached hydrogen (secondary N) is 2. The number of anilines is 2. The molecule has 0 atom stereocenters. The van der Waals surface area contributed by atoms with Crippen LogP contribution in [-0.2, 0) is 33.6 Å². The minimum atomic E-state index is -4.68. The zero-order valence-corrected chi connectivity index (χ0v) is 24.4. The summed E-state index contributed by atoms with van der Waals surface area (Å²) < 4.78 is 46.3. The molecule has 0 fully saturated rings. The molecule has 0 radical (unpaired) electrons. The lowest BCUT2D eigenvalue weighted by Crippen LogP contribution is -2.35. The molecular formula is C29H34F3N7O5. The molecule has 1 heterocycles. The number of nitrogen functional groups attached to an aromatic ring is 1. The van der Waals surface area contributed by atoms with Gasteiger partial charge in [0.15, 0.2) is 11.7 Å². The summed E-state index contributed by atoms with van der Waals surface area (Å²) in [4.78, 5) is 46.5. The van der Waals surface area contributed by atoms with Crippen LogP contribution in [0.2, 0.25) is 0 Å². The molecule has 2 aromatic carbocycles. The highest BCUT2D eigenvalue weighted by Gasteiger charge is 2.31. The number of halogens is 3. The molecule has 0 spiro atoms. The Morgan fingerprint density at radius 2 is 1.84 bits per heavy atom. The molecule has 236 valence electrons. The summed E-state index contributed by atoms with van der Waals surface area (Å²) in [5.74, 6) is -0.724. The molecule has 0 saturated carbocycles. The van der Waals surface area contributed by atoms with Crippen LogP contribution in [0.15, 0.2) is 58.6 Å². The number of carbonyl (C=O) groups is 2. The number of hydrogen-bond acceptors (Lipinski definition) is 9. The number of nitrogens with zero attached hydrogens (tertiary/aromatic N) is 3. The Hall–Kier alpha value is -5.08. The predicted octanol–water partition coefficient (Wildman–Crippen LogP) is 4.22. The fraction of sp³-hybridized carbons (Fsp3) is 0.345. The lowest BCUT2D eigenvalue weighted by Gasteiger charge is -2.17. The number of hydrogen-bond donors (Lipinski definition) is 4. The van der Waals surface area contributed by atoms with Crippen molar-refractivity contribution in [2.45, 2.75) is 58.9 Å². The number of aromatic nitrogens is 2. The van der Waals surface area contributed by atoms with E-state index in [0.717, 1.165) is 23.1 Å². The number of carbonyl (C=O) groups excluding carboxylic acids is 2. The molecule has 1 amide bonds. The third-order valence-electron chi connectivity index (χ3n) is 6.04. The quantitative estimate of drug-likeness (QED) is 0.0441. The molecule has 1 aromatic heterocycles. The van der Waals surface area contributed by atoms with Gasteiger partial charge in [-0.1, -0.05) is 42.8 Å². The second-order valence-corrected chi connectivity index (χ2v) is 10.0. The van der Waals surface area contributed by atoms with E-state index in [1.165, 1.54) is 12.3 Å². The van der Waals surface area contributed by atoms with Gasteiger partial charge in [0.25, 0.3) is 5.56 Å². The summed E-state index contributed by atoms with van der Waals surface area (Å²) in [7, 11) is 0. The largest absolute Gasteiger partial charge is 0.535 e. The zero-order chi connectivity index (χ0) is 32.4. The van der Waals surface area contributed by atoms with Crippen molar-refractivity contribution in [1.29, 1.82) is 0 Å². The van der Waals surface area contributed by atoms with Crippen molar-refractivity contribution in [2.24, 2.45) is 10.9 Å². The topological polar surface area (TPSA) is 176 Å². The lowest BCUT2D eigenvalue weighted by atomic mass is 10.1. The SMILES string of the molecule is CCCCOC(=O)O/N=C(\N)c1ccc(CNC(=O)Cn2c(-c3cc(N)cc(C(F)(F)F)c3)cnc(NC(C)C)c2=O)cc1. The number of rotatable bonds is 12. The van der Waals surface area contributed by atoms with Gasteiger partial charge in [-0.2, -0.15) is 13.2 Å². The number of amidine groups is 1. The summed E-state index contributed by atoms with van der Waals surface area (Å²) >= 11 is 0. The van der Waals surface area contributed by atoms with Gasteiger partial charge >= 0.3 is 12.3 Å². The molecule has 0 unspecified atom stereocenters. The molecule has 0 aliphatic rings. The van der Waals surface area contributed by atoms with Crippen molar-refractivity contribution < 1.29 is 32.3 Å². The first-order valence-corrected chi connectivity index (χ1v) is 13.7. The number of unbranched alkanes of at least 4 members (excludes halogenated alkanes) is 1. The third kappa shape index (κ3) is 9.47. The Bertz CT molecular complexity index is 1550.